The summed E-state index contributed by atoms with van der Waals surface area (Å²) in [5.74, 6) is -0.525. The minimum atomic E-state index is -1.67. The number of benzene rings is 2. The fourth-order valence-electron chi connectivity index (χ4n) is 1.48. The van der Waals surface area contributed by atoms with E-state index in [0.29, 0.717) is 16.9 Å². The van der Waals surface area contributed by atoms with E-state index in [9.17, 15) is 8.60 Å². The fraction of sp³-hybridized carbons (Fsp3) is 0.0769. The molecule has 0 spiro atoms. The molecule has 94 valence electrons. The number of anilines is 2. The smallest absolute Gasteiger partial charge is 0.153 e. The number of hydrogen-bond donors (Lipinski definition) is 2. The van der Waals surface area contributed by atoms with Crippen LogP contribution in [-0.4, -0.2) is 4.21 Å². The molecular formula is C13H13FN2OS. The SMILES string of the molecule is Cc1cc(F)c(S(=O)Nc2ccccc2)cc1N. The quantitative estimate of drug-likeness (QED) is 0.837. The Labute approximate surface area is 107 Å². The number of para-hydroxylation sites is 1. The molecule has 1 atom stereocenters. The Morgan fingerprint density at radius 3 is 2.56 bits per heavy atom. The number of aryl methyl sites for hydroxylation is 1. The lowest BCUT2D eigenvalue weighted by atomic mass is 10.2. The molecule has 0 amide bonds. The molecule has 5 heteroatoms. The first-order valence-electron chi connectivity index (χ1n) is 5.37. The predicted molar refractivity (Wildman–Crippen MR) is 72.0 cm³/mol. The Balaban J connectivity index is 2.27. The molecule has 0 heterocycles. The highest BCUT2D eigenvalue weighted by molar-refractivity contribution is 7.86. The van der Waals surface area contributed by atoms with Crippen molar-refractivity contribution in [2.24, 2.45) is 0 Å². The van der Waals surface area contributed by atoms with Crippen molar-refractivity contribution < 1.29 is 8.60 Å². The van der Waals surface area contributed by atoms with Crippen LogP contribution in [0.15, 0.2) is 47.4 Å². The summed E-state index contributed by atoms with van der Waals surface area (Å²) < 4.78 is 28.4. The molecule has 18 heavy (non-hydrogen) atoms. The van der Waals surface area contributed by atoms with Gasteiger partial charge in [0.1, 0.15) is 5.82 Å². The summed E-state index contributed by atoms with van der Waals surface area (Å²) in [5, 5.41) is 0. The third-order valence-electron chi connectivity index (χ3n) is 2.50. The van der Waals surface area contributed by atoms with E-state index in [1.807, 2.05) is 6.07 Å². The zero-order valence-electron chi connectivity index (χ0n) is 9.81. The predicted octanol–water partition coefficient (Wildman–Crippen LogP) is 2.85. The minimum Gasteiger partial charge on any atom is -0.398 e. The summed E-state index contributed by atoms with van der Waals surface area (Å²) in [4.78, 5) is 0.0574. The molecule has 2 aromatic rings. The van der Waals surface area contributed by atoms with E-state index in [1.54, 1.807) is 31.2 Å². The zero-order chi connectivity index (χ0) is 13.1. The second-order valence-corrected chi connectivity index (χ2v) is 5.06. The highest BCUT2D eigenvalue weighted by Crippen LogP contribution is 2.21. The van der Waals surface area contributed by atoms with E-state index < -0.39 is 16.8 Å². The number of rotatable bonds is 3. The van der Waals surface area contributed by atoms with E-state index in [2.05, 4.69) is 4.72 Å². The summed E-state index contributed by atoms with van der Waals surface area (Å²) in [5.41, 5.74) is 7.41. The number of hydrogen-bond acceptors (Lipinski definition) is 2. The van der Waals surface area contributed by atoms with Crippen molar-refractivity contribution in [1.82, 2.24) is 0 Å². The average molecular weight is 264 g/mol. The Kier molecular flexibility index (Phi) is 3.62. The van der Waals surface area contributed by atoms with Crippen LogP contribution >= 0.6 is 0 Å². The summed E-state index contributed by atoms with van der Waals surface area (Å²) in [6, 6.07) is 11.7. The van der Waals surface area contributed by atoms with Gasteiger partial charge in [0.15, 0.2) is 11.0 Å². The average Bonchev–Trinajstić information content (AvgIpc) is 2.35. The second kappa shape index (κ2) is 5.18. The molecule has 3 nitrogen and oxygen atoms in total. The largest absolute Gasteiger partial charge is 0.398 e. The Hall–Kier alpha value is -1.88. The van der Waals surface area contributed by atoms with Gasteiger partial charge in [-0.05, 0) is 36.8 Å². The molecule has 0 radical (unpaired) electrons. The monoisotopic (exact) mass is 264 g/mol. The first-order valence-corrected chi connectivity index (χ1v) is 6.52. The molecule has 2 rings (SSSR count). The minimum absolute atomic E-state index is 0.0574. The van der Waals surface area contributed by atoms with Crippen molar-refractivity contribution in [2.45, 2.75) is 11.8 Å². The van der Waals surface area contributed by atoms with Gasteiger partial charge in [-0.15, -0.1) is 0 Å². The highest BCUT2D eigenvalue weighted by atomic mass is 32.2. The zero-order valence-corrected chi connectivity index (χ0v) is 10.6. The number of halogens is 1. The Bertz CT molecular complexity index is 587. The van der Waals surface area contributed by atoms with Crippen LogP contribution in [0.5, 0.6) is 0 Å². The molecule has 0 aromatic heterocycles. The molecule has 0 saturated heterocycles. The van der Waals surface area contributed by atoms with Gasteiger partial charge in [0.2, 0.25) is 0 Å². The fourth-order valence-corrected chi connectivity index (χ4v) is 2.41. The molecule has 1 unspecified atom stereocenters. The molecule has 0 bridgehead atoms. The van der Waals surface area contributed by atoms with Crippen LogP contribution in [0, 0.1) is 12.7 Å². The van der Waals surface area contributed by atoms with Gasteiger partial charge in [0.05, 0.1) is 4.90 Å². The van der Waals surface area contributed by atoms with E-state index in [4.69, 9.17) is 5.73 Å². The summed E-state index contributed by atoms with van der Waals surface area (Å²) >= 11 is 0. The Morgan fingerprint density at radius 1 is 1.22 bits per heavy atom. The van der Waals surface area contributed by atoms with E-state index in [-0.39, 0.29) is 4.90 Å². The normalized spacial score (nSPS) is 12.1. The lowest BCUT2D eigenvalue weighted by molar-refractivity contribution is 0.595. The van der Waals surface area contributed by atoms with E-state index in [1.165, 1.54) is 12.1 Å². The molecule has 0 aliphatic heterocycles. The molecule has 0 aliphatic rings. The van der Waals surface area contributed by atoms with E-state index >= 15 is 0 Å². The third-order valence-corrected chi connectivity index (χ3v) is 3.64. The molecule has 0 fully saturated rings. The highest BCUT2D eigenvalue weighted by Gasteiger charge is 2.12. The van der Waals surface area contributed by atoms with Crippen molar-refractivity contribution in [1.29, 1.82) is 0 Å². The van der Waals surface area contributed by atoms with Crippen molar-refractivity contribution in [2.75, 3.05) is 10.5 Å². The van der Waals surface area contributed by atoms with Crippen LogP contribution in [0.3, 0.4) is 0 Å². The van der Waals surface area contributed by atoms with Gasteiger partial charge in [-0.1, -0.05) is 18.2 Å². The lowest BCUT2D eigenvalue weighted by Crippen LogP contribution is -2.08. The van der Waals surface area contributed by atoms with Gasteiger partial charge in [-0.2, -0.15) is 0 Å². The standard InChI is InChI=1S/C13H13FN2OS/c1-9-7-11(14)13(8-12(9)15)18(17)16-10-5-3-2-4-6-10/h2-8,16H,15H2,1H3. The van der Waals surface area contributed by atoms with Gasteiger partial charge >= 0.3 is 0 Å². The van der Waals surface area contributed by atoms with Gasteiger partial charge in [0.25, 0.3) is 0 Å². The van der Waals surface area contributed by atoms with Crippen LogP contribution in [-0.2, 0) is 11.0 Å². The van der Waals surface area contributed by atoms with Crippen molar-refractivity contribution in [3.63, 3.8) is 0 Å². The van der Waals surface area contributed by atoms with Gasteiger partial charge < -0.3 is 10.5 Å². The summed E-state index contributed by atoms with van der Waals surface area (Å²) in [6.07, 6.45) is 0. The number of nitrogens with one attached hydrogen (secondary N) is 1. The lowest BCUT2D eigenvalue weighted by Gasteiger charge is -2.09. The van der Waals surface area contributed by atoms with Crippen molar-refractivity contribution >= 4 is 22.4 Å². The van der Waals surface area contributed by atoms with Gasteiger partial charge in [0, 0.05) is 11.4 Å². The first kappa shape index (κ1) is 12.6. The Morgan fingerprint density at radius 2 is 1.89 bits per heavy atom. The molecule has 3 N–H and O–H groups in total. The molecule has 0 aliphatic carbocycles. The maximum atomic E-state index is 13.7. The third kappa shape index (κ3) is 2.68. The number of nitrogens with two attached hydrogens (primary N) is 1. The van der Waals surface area contributed by atoms with Crippen LogP contribution < -0.4 is 10.5 Å². The topological polar surface area (TPSA) is 55.1 Å². The van der Waals surface area contributed by atoms with Crippen LogP contribution in [0.4, 0.5) is 15.8 Å². The summed E-state index contributed by atoms with van der Waals surface area (Å²) in [7, 11) is -1.67. The van der Waals surface area contributed by atoms with Crippen molar-refractivity contribution in [3.8, 4) is 0 Å². The second-order valence-electron chi connectivity index (χ2n) is 3.88. The van der Waals surface area contributed by atoms with Crippen LogP contribution in [0.25, 0.3) is 0 Å². The van der Waals surface area contributed by atoms with Gasteiger partial charge in [-0.3, -0.25) is 0 Å². The van der Waals surface area contributed by atoms with Crippen LogP contribution in [0.1, 0.15) is 5.56 Å². The summed E-state index contributed by atoms with van der Waals surface area (Å²) in [6.45, 7) is 1.70. The van der Waals surface area contributed by atoms with Crippen LogP contribution in [0.2, 0.25) is 0 Å². The molecule has 2 aromatic carbocycles. The molecule has 0 saturated carbocycles. The number of nitrogen functional groups attached to an aromatic ring is 1. The van der Waals surface area contributed by atoms with Gasteiger partial charge in [-0.25, -0.2) is 8.60 Å². The maximum absolute atomic E-state index is 13.7. The molecular weight excluding hydrogens is 251 g/mol. The van der Waals surface area contributed by atoms with Crippen molar-refractivity contribution in [3.05, 3.63) is 53.8 Å². The first-order chi connectivity index (χ1) is 8.58. The van der Waals surface area contributed by atoms with E-state index in [0.717, 1.165) is 0 Å². The maximum Gasteiger partial charge on any atom is 0.153 e.